The number of nitrogens with zero attached hydrogens (tertiary/aromatic N) is 4. The Labute approximate surface area is 165 Å². The summed E-state index contributed by atoms with van der Waals surface area (Å²) in [7, 11) is 0. The van der Waals surface area contributed by atoms with Crippen LogP contribution in [0.3, 0.4) is 0 Å². The first kappa shape index (κ1) is 18.6. The van der Waals surface area contributed by atoms with Gasteiger partial charge < -0.3 is 13.9 Å². The number of carbonyl (C=O) groups is 1. The standard InChI is InChI=1S/C19H18ClFN4O3/c1-10-15(17(24-27-10)16-13(20)6-3-7-14(16)21)19(26)25-8-4-5-12(9-25)18-22-11(2)23-28-18/h3,6-7,12H,4-5,8-9H2,1-2H3. The predicted molar refractivity (Wildman–Crippen MR) is 98.6 cm³/mol. The lowest BCUT2D eigenvalue weighted by atomic mass is 9.96. The zero-order valence-corrected chi connectivity index (χ0v) is 16.2. The fourth-order valence-electron chi connectivity index (χ4n) is 3.52. The molecular weight excluding hydrogens is 387 g/mol. The first-order valence-corrected chi connectivity index (χ1v) is 9.33. The van der Waals surface area contributed by atoms with E-state index < -0.39 is 5.82 Å². The van der Waals surface area contributed by atoms with Crippen LogP contribution in [0.15, 0.2) is 27.2 Å². The Morgan fingerprint density at radius 3 is 2.82 bits per heavy atom. The van der Waals surface area contributed by atoms with Gasteiger partial charge in [0.2, 0.25) is 5.89 Å². The molecule has 0 spiro atoms. The lowest BCUT2D eigenvalue weighted by Crippen LogP contribution is -2.39. The van der Waals surface area contributed by atoms with E-state index in [9.17, 15) is 9.18 Å². The van der Waals surface area contributed by atoms with Gasteiger partial charge in [0, 0.05) is 13.1 Å². The van der Waals surface area contributed by atoms with Crippen molar-refractivity contribution in [3.8, 4) is 11.3 Å². The van der Waals surface area contributed by atoms with E-state index in [1.54, 1.807) is 24.8 Å². The summed E-state index contributed by atoms with van der Waals surface area (Å²) < 4.78 is 24.9. The molecule has 1 unspecified atom stereocenters. The van der Waals surface area contributed by atoms with Crippen LogP contribution in [-0.2, 0) is 0 Å². The van der Waals surface area contributed by atoms with Crippen molar-refractivity contribution >= 4 is 17.5 Å². The molecule has 28 heavy (non-hydrogen) atoms. The molecule has 1 atom stereocenters. The smallest absolute Gasteiger partial charge is 0.259 e. The molecule has 3 heterocycles. The number of benzene rings is 1. The number of hydrogen-bond donors (Lipinski definition) is 0. The van der Waals surface area contributed by atoms with Crippen molar-refractivity contribution in [1.82, 2.24) is 20.2 Å². The maximum Gasteiger partial charge on any atom is 0.259 e. The van der Waals surface area contributed by atoms with E-state index in [0.29, 0.717) is 30.6 Å². The van der Waals surface area contributed by atoms with Crippen LogP contribution >= 0.6 is 11.6 Å². The maximum absolute atomic E-state index is 14.4. The van der Waals surface area contributed by atoms with Gasteiger partial charge in [-0.15, -0.1) is 0 Å². The minimum Gasteiger partial charge on any atom is -0.360 e. The summed E-state index contributed by atoms with van der Waals surface area (Å²) in [6.45, 7) is 4.37. The molecule has 9 heteroatoms. The number of likely N-dealkylation sites (tertiary alicyclic amines) is 1. The number of amides is 1. The average molecular weight is 405 g/mol. The third-order valence-electron chi connectivity index (χ3n) is 4.88. The Morgan fingerprint density at radius 1 is 1.29 bits per heavy atom. The molecule has 3 aromatic rings. The van der Waals surface area contributed by atoms with Gasteiger partial charge in [-0.2, -0.15) is 4.98 Å². The topological polar surface area (TPSA) is 85.3 Å². The second-order valence-electron chi connectivity index (χ2n) is 6.83. The van der Waals surface area contributed by atoms with Crippen LogP contribution in [0.4, 0.5) is 4.39 Å². The minimum absolute atomic E-state index is 0.0421. The number of rotatable bonds is 3. The summed E-state index contributed by atoms with van der Waals surface area (Å²) in [5, 5.41) is 7.91. The summed E-state index contributed by atoms with van der Waals surface area (Å²) >= 11 is 6.17. The molecule has 0 radical (unpaired) electrons. The molecule has 146 valence electrons. The largest absolute Gasteiger partial charge is 0.360 e. The Kier molecular flexibility index (Phi) is 4.89. The Morgan fingerprint density at radius 2 is 2.11 bits per heavy atom. The first-order chi connectivity index (χ1) is 13.5. The van der Waals surface area contributed by atoms with Gasteiger partial charge in [-0.05, 0) is 38.8 Å². The van der Waals surface area contributed by atoms with E-state index in [1.165, 1.54) is 12.1 Å². The zero-order valence-electron chi connectivity index (χ0n) is 15.4. The van der Waals surface area contributed by atoms with Crippen LogP contribution in [0.2, 0.25) is 5.02 Å². The van der Waals surface area contributed by atoms with Crippen molar-refractivity contribution in [1.29, 1.82) is 0 Å². The summed E-state index contributed by atoms with van der Waals surface area (Å²) in [4.78, 5) is 19.2. The zero-order chi connectivity index (χ0) is 19.8. The molecule has 0 N–H and O–H groups in total. The molecular formula is C19H18ClFN4O3. The molecule has 1 aromatic carbocycles. The molecule has 0 aliphatic carbocycles. The Bertz CT molecular complexity index is 1010. The predicted octanol–water partition coefficient (Wildman–Crippen LogP) is 4.15. The van der Waals surface area contributed by atoms with Crippen molar-refractivity contribution in [3.63, 3.8) is 0 Å². The van der Waals surface area contributed by atoms with E-state index in [4.69, 9.17) is 20.6 Å². The van der Waals surface area contributed by atoms with E-state index in [2.05, 4.69) is 15.3 Å². The number of carbonyl (C=O) groups excluding carboxylic acids is 1. The number of piperidine rings is 1. The highest BCUT2D eigenvalue weighted by Crippen LogP contribution is 2.35. The van der Waals surface area contributed by atoms with Crippen LogP contribution in [0.5, 0.6) is 0 Å². The summed E-state index contributed by atoms with van der Waals surface area (Å²) in [6.07, 6.45) is 1.64. The van der Waals surface area contributed by atoms with Crippen molar-refractivity contribution in [2.45, 2.75) is 32.6 Å². The highest BCUT2D eigenvalue weighted by Gasteiger charge is 2.33. The van der Waals surface area contributed by atoms with Gasteiger partial charge in [-0.1, -0.05) is 28.0 Å². The minimum atomic E-state index is -0.562. The molecule has 1 aliphatic heterocycles. The molecule has 7 nitrogen and oxygen atoms in total. The number of hydrogen-bond acceptors (Lipinski definition) is 6. The highest BCUT2D eigenvalue weighted by atomic mass is 35.5. The monoisotopic (exact) mass is 404 g/mol. The van der Waals surface area contributed by atoms with E-state index in [0.717, 1.165) is 12.8 Å². The Hall–Kier alpha value is -2.74. The van der Waals surface area contributed by atoms with Crippen molar-refractivity contribution in [2.24, 2.45) is 0 Å². The van der Waals surface area contributed by atoms with Crippen LogP contribution < -0.4 is 0 Å². The molecule has 4 rings (SSSR count). The van der Waals surface area contributed by atoms with E-state index >= 15 is 0 Å². The van der Waals surface area contributed by atoms with Crippen molar-refractivity contribution in [3.05, 3.63) is 52.1 Å². The second kappa shape index (κ2) is 7.35. The SMILES string of the molecule is Cc1noc(C2CCCN(C(=O)c3c(-c4c(F)cccc4Cl)noc3C)C2)n1. The van der Waals surface area contributed by atoms with Crippen LogP contribution in [0, 0.1) is 19.7 Å². The first-order valence-electron chi connectivity index (χ1n) is 8.96. The normalized spacial score (nSPS) is 17.1. The molecule has 1 amide bonds. The second-order valence-corrected chi connectivity index (χ2v) is 7.24. The van der Waals surface area contributed by atoms with Gasteiger partial charge >= 0.3 is 0 Å². The van der Waals surface area contributed by atoms with E-state index in [1.807, 2.05) is 0 Å². The maximum atomic E-state index is 14.4. The van der Waals surface area contributed by atoms with Gasteiger partial charge in [0.1, 0.15) is 22.8 Å². The lowest BCUT2D eigenvalue weighted by Gasteiger charge is -2.31. The third kappa shape index (κ3) is 3.28. The van der Waals surface area contributed by atoms with Gasteiger partial charge in [0.15, 0.2) is 5.82 Å². The van der Waals surface area contributed by atoms with Crippen molar-refractivity contribution < 1.29 is 18.2 Å². The fraction of sp³-hybridized carbons (Fsp3) is 0.368. The molecule has 0 saturated carbocycles. The van der Waals surface area contributed by atoms with Crippen molar-refractivity contribution in [2.75, 3.05) is 13.1 Å². The molecule has 1 saturated heterocycles. The van der Waals surface area contributed by atoms with Gasteiger partial charge in [-0.25, -0.2) is 4.39 Å². The fourth-order valence-corrected chi connectivity index (χ4v) is 3.77. The van der Waals surface area contributed by atoms with Crippen LogP contribution in [0.25, 0.3) is 11.3 Å². The average Bonchev–Trinajstić information content (AvgIpc) is 3.27. The third-order valence-corrected chi connectivity index (χ3v) is 5.19. The number of aryl methyl sites for hydroxylation is 2. The van der Waals surface area contributed by atoms with Crippen LogP contribution in [0.1, 0.15) is 46.6 Å². The van der Waals surface area contributed by atoms with Gasteiger partial charge in [0.05, 0.1) is 16.5 Å². The summed E-state index contributed by atoms with van der Waals surface area (Å²) in [6, 6.07) is 4.32. The number of aromatic nitrogens is 3. The molecule has 0 bridgehead atoms. The van der Waals surface area contributed by atoms with Gasteiger partial charge in [-0.3, -0.25) is 4.79 Å². The van der Waals surface area contributed by atoms with Crippen LogP contribution in [-0.4, -0.2) is 39.2 Å². The number of halogens is 2. The summed E-state index contributed by atoms with van der Waals surface area (Å²) in [5.74, 6) is 0.510. The molecule has 1 aliphatic rings. The quantitative estimate of drug-likeness (QED) is 0.651. The van der Waals surface area contributed by atoms with E-state index in [-0.39, 0.29) is 33.7 Å². The highest BCUT2D eigenvalue weighted by molar-refractivity contribution is 6.33. The summed E-state index contributed by atoms with van der Waals surface area (Å²) in [5.41, 5.74) is 0.390. The van der Waals surface area contributed by atoms with Gasteiger partial charge in [0.25, 0.3) is 5.91 Å². The molecule has 2 aromatic heterocycles. The molecule has 1 fully saturated rings. The Balaban J connectivity index is 1.66. The lowest BCUT2D eigenvalue weighted by molar-refractivity contribution is 0.0694.